The smallest absolute Gasteiger partial charge is 0.193 e. The van der Waals surface area contributed by atoms with Gasteiger partial charge in [-0.05, 0) is 43.4 Å². The number of hydrogen-bond donors (Lipinski definition) is 1. The zero-order valence-corrected chi connectivity index (χ0v) is 17.7. The number of rotatable bonds is 7. The van der Waals surface area contributed by atoms with Crippen molar-refractivity contribution in [2.24, 2.45) is 4.99 Å². The Morgan fingerprint density at radius 1 is 1.36 bits per heavy atom. The maximum absolute atomic E-state index is 6.11. The lowest BCUT2D eigenvalue weighted by atomic mass is 10.1. The summed E-state index contributed by atoms with van der Waals surface area (Å²) < 4.78 is 17.4. The molecule has 156 valence electrons. The normalized spacial score (nSPS) is 22.5. The molecule has 28 heavy (non-hydrogen) atoms. The van der Waals surface area contributed by atoms with E-state index in [2.05, 4.69) is 15.2 Å². The van der Waals surface area contributed by atoms with Crippen molar-refractivity contribution in [2.45, 2.75) is 44.0 Å². The van der Waals surface area contributed by atoms with Crippen molar-refractivity contribution in [2.75, 3.05) is 47.0 Å². The molecule has 2 unspecified atom stereocenters. The SMILES string of the molecule is CN=C(NCC(OC)c1cccc(Cl)c1)N1CCC(OCC2CCCO2)CC1. The fraction of sp³-hybridized carbons (Fsp3) is 0.667. The summed E-state index contributed by atoms with van der Waals surface area (Å²) in [6.45, 7) is 4.12. The van der Waals surface area contributed by atoms with Crippen LogP contribution in [0.3, 0.4) is 0 Å². The fourth-order valence-electron chi connectivity index (χ4n) is 3.81. The molecule has 1 N–H and O–H groups in total. The average Bonchev–Trinajstić information content (AvgIpc) is 3.24. The monoisotopic (exact) mass is 409 g/mol. The zero-order valence-electron chi connectivity index (χ0n) is 16.9. The van der Waals surface area contributed by atoms with Gasteiger partial charge in [0.15, 0.2) is 5.96 Å². The average molecular weight is 410 g/mol. The van der Waals surface area contributed by atoms with E-state index in [1.807, 2.05) is 31.3 Å². The quantitative estimate of drug-likeness (QED) is 0.553. The van der Waals surface area contributed by atoms with Gasteiger partial charge in [0.1, 0.15) is 0 Å². The van der Waals surface area contributed by atoms with E-state index < -0.39 is 0 Å². The molecule has 2 atom stereocenters. The molecule has 1 aromatic carbocycles. The van der Waals surface area contributed by atoms with E-state index in [1.54, 1.807) is 7.11 Å². The first-order chi connectivity index (χ1) is 13.7. The standard InChI is InChI=1S/C21H32ClN3O3/c1-23-21(24-14-20(26-2)16-5-3-6-17(22)13-16)25-10-8-18(9-11-25)28-15-19-7-4-12-27-19/h3,5-6,13,18-20H,4,7-12,14-15H2,1-2H3,(H,23,24). The molecular weight excluding hydrogens is 378 g/mol. The Kier molecular flexibility index (Phi) is 8.40. The number of benzene rings is 1. The molecule has 1 aromatic rings. The van der Waals surface area contributed by atoms with Crippen LogP contribution in [0.1, 0.15) is 37.4 Å². The van der Waals surface area contributed by atoms with E-state index in [-0.39, 0.29) is 6.10 Å². The van der Waals surface area contributed by atoms with Crippen LogP contribution < -0.4 is 5.32 Å². The highest BCUT2D eigenvalue weighted by Crippen LogP contribution is 2.21. The van der Waals surface area contributed by atoms with Crippen LogP contribution in [0.2, 0.25) is 5.02 Å². The minimum atomic E-state index is -0.0808. The second-order valence-corrected chi connectivity index (χ2v) is 7.80. The summed E-state index contributed by atoms with van der Waals surface area (Å²) in [5, 5.41) is 4.16. The second-order valence-electron chi connectivity index (χ2n) is 7.36. The Bertz CT molecular complexity index is 629. The summed E-state index contributed by atoms with van der Waals surface area (Å²) in [4.78, 5) is 6.74. The third kappa shape index (κ3) is 6.08. The van der Waals surface area contributed by atoms with Gasteiger partial charge in [-0.2, -0.15) is 0 Å². The highest BCUT2D eigenvalue weighted by atomic mass is 35.5. The van der Waals surface area contributed by atoms with E-state index in [4.69, 9.17) is 25.8 Å². The van der Waals surface area contributed by atoms with Gasteiger partial charge in [0.25, 0.3) is 0 Å². The molecule has 0 aliphatic carbocycles. The Labute approximate surface area is 173 Å². The topological polar surface area (TPSA) is 55.3 Å². The molecule has 6 nitrogen and oxygen atoms in total. The maximum atomic E-state index is 6.11. The summed E-state index contributed by atoms with van der Waals surface area (Å²) in [7, 11) is 3.54. The van der Waals surface area contributed by atoms with Crippen LogP contribution in [-0.2, 0) is 14.2 Å². The Hall–Kier alpha value is -1.34. The second kappa shape index (κ2) is 11.0. The molecule has 2 aliphatic heterocycles. The van der Waals surface area contributed by atoms with Crippen molar-refractivity contribution in [1.82, 2.24) is 10.2 Å². The Morgan fingerprint density at radius 2 is 2.18 bits per heavy atom. The van der Waals surface area contributed by atoms with Crippen LogP contribution in [0.25, 0.3) is 0 Å². The third-order valence-electron chi connectivity index (χ3n) is 5.45. The van der Waals surface area contributed by atoms with Gasteiger partial charge < -0.3 is 24.4 Å². The van der Waals surface area contributed by atoms with Gasteiger partial charge in [-0.1, -0.05) is 23.7 Å². The number of ether oxygens (including phenoxy) is 3. The number of halogens is 1. The number of piperidine rings is 1. The van der Waals surface area contributed by atoms with Crippen molar-refractivity contribution in [3.63, 3.8) is 0 Å². The predicted octanol–water partition coefficient (Wildman–Crippen LogP) is 3.26. The zero-order chi connectivity index (χ0) is 19.8. The first-order valence-corrected chi connectivity index (χ1v) is 10.5. The summed E-state index contributed by atoms with van der Waals surface area (Å²) in [5.74, 6) is 0.904. The third-order valence-corrected chi connectivity index (χ3v) is 5.68. The molecule has 0 bridgehead atoms. The largest absolute Gasteiger partial charge is 0.376 e. The van der Waals surface area contributed by atoms with E-state index in [1.165, 1.54) is 0 Å². The first kappa shape index (κ1) is 21.4. The number of aliphatic imine (C=N–C) groups is 1. The van der Waals surface area contributed by atoms with Crippen molar-refractivity contribution >= 4 is 17.6 Å². The molecule has 2 aliphatic rings. The predicted molar refractivity (Wildman–Crippen MR) is 112 cm³/mol. The lowest BCUT2D eigenvalue weighted by Crippen LogP contribution is -2.48. The molecule has 0 amide bonds. The Morgan fingerprint density at radius 3 is 2.82 bits per heavy atom. The molecule has 2 saturated heterocycles. The molecule has 0 radical (unpaired) electrons. The maximum Gasteiger partial charge on any atom is 0.193 e. The van der Waals surface area contributed by atoms with Gasteiger partial charge >= 0.3 is 0 Å². The number of methoxy groups -OCH3 is 1. The highest BCUT2D eigenvalue weighted by molar-refractivity contribution is 6.30. The molecule has 7 heteroatoms. The number of hydrogen-bond acceptors (Lipinski definition) is 4. The lowest BCUT2D eigenvalue weighted by Gasteiger charge is -2.35. The fourth-order valence-corrected chi connectivity index (χ4v) is 4.01. The van der Waals surface area contributed by atoms with Crippen LogP contribution >= 0.6 is 11.6 Å². The summed E-state index contributed by atoms with van der Waals surface area (Å²) in [6.07, 6.45) is 4.84. The first-order valence-electron chi connectivity index (χ1n) is 10.2. The summed E-state index contributed by atoms with van der Waals surface area (Å²) in [6, 6.07) is 7.79. The van der Waals surface area contributed by atoms with Gasteiger partial charge in [-0.25, -0.2) is 0 Å². The Balaban J connectivity index is 1.43. The van der Waals surface area contributed by atoms with Gasteiger partial charge in [-0.3, -0.25) is 4.99 Å². The van der Waals surface area contributed by atoms with Crippen molar-refractivity contribution in [3.8, 4) is 0 Å². The molecule has 3 rings (SSSR count). The molecular formula is C21H32ClN3O3. The molecule has 0 aromatic heterocycles. The van der Waals surface area contributed by atoms with Crippen LogP contribution in [0.15, 0.2) is 29.3 Å². The van der Waals surface area contributed by atoms with Crippen LogP contribution in [0.5, 0.6) is 0 Å². The van der Waals surface area contributed by atoms with Gasteiger partial charge in [0, 0.05) is 45.4 Å². The highest BCUT2D eigenvalue weighted by Gasteiger charge is 2.24. The van der Waals surface area contributed by atoms with E-state index in [0.717, 1.165) is 63.5 Å². The minimum Gasteiger partial charge on any atom is -0.376 e. The number of likely N-dealkylation sites (tertiary alicyclic amines) is 1. The van der Waals surface area contributed by atoms with Crippen molar-refractivity contribution < 1.29 is 14.2 Å². The van der Waals surface area contributed by atoms with E-state index >= 15 is 0 Å². The minimum absolute atomic E-state index is 0.0808. The van der Waals surface area contributed by atoms with Crippen LogP contribution in [-0.4, -0.2) is 70.1 Å². The summed E-state index contributed by atoms with van der Waals surface area (Å²) in [5.41, 5.74) is 1.05. The number of nitrogens with one attached hydrogen (secondary N) is 1. The number of guanidine groups is 1. The van der Waals surface area contributed by atoms with Crippen molar-refractivity contribution in [3.05, 3.63) is 34.9 Å². The molecule has 0 saturated carbocycles. The number of nitrogens with zero attached hydrogens (tertiary/aromatic N) is 2. The van der Waals surface area contributed by atoms with Gasteiger partial charge in [-0.15, -0.1) is 0 Å². The molecule has 2 fully saturated rings. The van der Waals surface area contributed by atoms with Gasteiger partial charge in [0.2, 0.25) is 0 Å². The van der Waals surface area contributed by atoms with Crippen molar-refractivity contribution in [1.29, 1.82) is 0 Å². The van der Waals surface area contributed by atoms with Gasteiger partial charge in [0.05, 0.1) is 24.9 Å². The summed E-state index contributed by atoms with van der Waals surface area (Å²) >= 11 is 6.11. The lowest BCUT2D eigenvalue weighted by molar-refractivity contribution is -0.0367. The molecule has 0 spiro atoms. The molecule has 2 heterocycles. The van der Waals surface area contributed by atoms with E-state index in [0.29, 0.717) is 23.8 Å². The van der Waals surface area contributed by atoms with Crippen LogP contribution in [0, 0.1) is 0 Å². The van der Waals surface area contributed by atoms with E-state index in [9.17, 15) is 0 Å². The van der Waals surface area contributed by atoms with Crippen LogP contribution in [0.4, 0.5) is 0 Å².